The summed E-state index contributed by atoms with van der Waals surface area (Å²) in [5, 5.41) is 10.0. The molecule has 0 saturated carbocycles. The van der Waals surface area contributed by atoms with Gasteiger partial charge in [0.1, 0.15) is 5.82 Å². The normalized spacial score (nSPS) is 14.8. The van der Waals surface area contributed by atoms with Gasteiger partial charge in [-0.3, -0.25) is 0 Å². The van der Waals surface area contributed by atoms with Crippen LogP contribution in [0.1, 0.15) is 25.0 Å². The number of halogens is 2. The lowest BCUT2D eigenvalue weighted by atomic mass is 9.95. The van der Waals surface area contributed by atoms with E-state index in [1.807, 2.05) is 6.92 Å². The molecule has 0 radical (unpaired) electrons. The van der Waals surface area contributed by atoms with Gasteiger partial charge in [0.05, 0.1) is 11.1 Å². The Hall–Kier alpha value is -0.640. The largest absolute Gasteiger partial charge is 0.388 e. The molecule has 0 spiro atoms. The molecule has 0 aliphatic carbocycles. The van der Waals surface area contributed by atoms with Crippen molar-refractivity contribution in [3.05, 3.63) is 34.6 Å². The van der Waals surface area contributed by atoms with E-state index in [0.717, 1.165) is 0 Å². The summed E-state index contributed by atoms with van der Waals surface area (Å²) in [6.07, 6.45) is -0.0665. The Kier molecular flexibility index (Phi) is 5.19. The first-order valence-corrected chi connectivity index (χ1v) is 5.56. The number of hydrogen-bond donors (Lipinski definition) is 1. The molecule has 1 rings (SSSR count). The van der Waals surface area contributed by atoms with Crippen LogP contribution in [0.3, 0.4) is 0 Å². The van der Waals surface area contributed by atoms with Gasteiger partial charge in [-0.2, -0.15) is 0 Å². The molecule has 0 heterocycles. The fourth-order valence-electron chi connectivity index (χ4n) is 1.52. The summed E-state index contributed by atoms with van der Waals surface area (Å²) >= 11 is 5.80. The molecular weight excluding hydrogens is 231 g/mol. The van der Waals surface area contributed by atoms with Crippen molar-refractivity contribution in [3.8, 4) is 0 Å². The summed E-state index contributed by atoms with van der Waals surface area (Å²) in [6.45, 7) is 2.44. The van der Waals surface area contributed by atoms with Gasteiger partial charge in [-0.15, -0.1) is 0 Å². The highest BCUT2D eigenvalue weighted by Gasteiger charge is 2.20. The van der Waals surface area contributed by atoms with Gasteiger partial charge in [-0.1, -0.05) is 30.7 Å². The Bertz CT molecular complexity index is 344. The molecule has 0 saturated heterocycles. The number of benzene rings is 1. The predicted octanol–water partition coefficient (Wildman–Crippen LogP) is 3.19. The van der Waals surface area contributed by atoms with Crippen LogP contribution in [0.25, 0.3) is 0 Å². The van der Waals surface area contributed by atoms with Crippen LogP contribution in [0, 0.1) is 11.7 Å². The van der Waals surface area contributed by atoms with Crippen LogP contribution in [0.5, 0.6) is 0 Å². The molecule has 1 N–H and O–H groups in total. The van der Waals surface area contributed by atoms with E-state index in [-0.39, 0.29) is 10.9 Å². The van der Waals surface area contributed by atoms with Gasteiger partial charge in [0.15, 0.2) is 0 Å². The van der Waals surface area contributed by atoms with Gasteiger partial charge in [0, 0.05) is 19.3 Å². The predicted molar refractivity (Wildman–Crippen MR) is 62.0 cm³/mol. The monoisotopic (exact) mass is 246 g/mol. The van der Waals surface area contributed by atoms with Crippen LogP contribution in [-0.4, -0.2) is 18.8 Å². The summed E-state index contributed by atoms with van der Waals surface area (Å²) in [7, 11) is 1.61. The molecular formula is C12H16ClFO2. The van der Waals surface area contributed by atoms with E-state index in [9.17, 15) is 9.50 Å². The average Bonchev–Trinajstić information content (AvgIpc) is 2.28. The zero-order valence-electron chi connectivity index (χ0n) is 9.41. The lowest BCUT2D eigenvalue weighted by Crippen LogP contribution is -2.12. The Balaban J connectivity index is 2.79. The van der Waals surface area contributed by atoms with Gasteiger partial charge >= 0.3 is 0 Å². The molecule has 2 nitrogen and oxygen atoms in total. The minimum Gasteiger partial charge on any atom is -0.388 e. The second-order valence-corrected chi connectivity index (χ2v) is 4.22. The second kappa shape index (κ2) is 6.18. The van der Waals surface area contributed by atoms with E-state index in [1.165, 1.54) is 6.07 Å². The number of ether oxygens (including phenoxy) is 1. The van der Waals surface area contributed by atoms with Crippen molar-refractivity contribution < 1.29 is 14.2 Å². The molecule has 2 unspecified atom stereocenters. The lowest BCUT2D eigenvalue weighted by Gasteiger charge is -2.20. The van der Waals surface area contributed by atoms with Crippen molar-refractivity contribution in [1.82, 2.24) is 0 Å². The van der Waals surface area contributed by atoms with Gasteiger partial charge in [-0.25, -0.2) is 4.39 Å². The van der Waals surface area contributed by atoms with E-state index >= 15 is 0 Å². The smallest absolute Gasteiger partial charge is 0.142 e. The van der Waals surface area contributed by atoms with Gasteiger partial charge in [-0.05, 0) is 18.4 Å². The lowest BCUT2D eigenvalue weighted by molar-refractivity contribution is 0.0884. The first-order chi connectivity index (χ1) is 7.57. The third kappa shape index (κ3) is 3.17. The number of aliphatic hydroxyl groups is 1. The van der Waals surface area contributed by atoms with Crippen LogP contribution >= 0.6 is 11.6 Å². The molecule has 0 bridgehead atoms. The maximum atomic E-state index is 13.2. The summed E-state index contributed by atoms with van der Waals surface area (Å²) < 4.78 is 18.1. The SMILES string of the molecule is COCCC(C)C(O)c1cccc(F)c1Cl. The number of rotatable bonds is 5. The maximum absolute atomic E-state index is 13.2. The van der Waals surface area contributed by atoms with Gasteiger partial charge < -0.3 is 9.84 Å². The van der Waals surface area contributed by atoms with Crippen molar-refractivity contribution in [2.75, 3.05) is 13.7 Å². The van der Waals surface area contributed by atoms with Crippen molar-refractivity contribution >= 4 is 11.6 Å². The van der Waals surface area contributed by atoms with E-state index in [2.05, 4.69) is 0 Å². The topological polar surface area (TPSA) is 29.5 Å². The van der Waals surface area contributed by atoms with E-state index < -0.39 is 11.9 Å². The average molecular weight is 247 g/mol. The van der Waals surface area contributed by atoms with Crippen molar-refractivity contribution in [3.63, 3.8) is 0 Å². The summed E-state index contributed by atoms with van der Waals surface area (Å²) in [5.41, 5.74) is 0.435. The quantitative estimate of drug-likeness (QED) is 0.865. The van der Waals surface area contributed by atoms with Crippen LogP contribution < -0.4 is 0 Å². The summed E-state index contributed by atoms with van der Waals surface area (Å²) in [4.78, 5) is 0. The Morgan fingerprint density at radius 3 is 2.81 bits per heavy atom. The van der Waals surface area contributed by atoms with Crippen molar-refractivity contribution in [2.45, 2.75) is 19.4 Å². The van der Waals surface area contributed by atoms with Crippen LogP contribution in [0.15, 0.2) is 18.2 Å². The first-order valence-electron chi connectivity index (χ1n) is 5.18. The fraction of sp³-hybridized carbons (Fsp3) is 0.500. The Labute approximate surface area is 100.0 Å². The van der Waals surface area contributed by atoms with E-state index in [1.54, 1.807) is 19.2 Å². The highest BCUT2D eigenvalue weighted by molar-refractivity contribution is 6.31. The Morgan fingerprint density at radius 2 is 2.19 bits per heavy atom. The van der Waals surface area contributed by atoms with Crippen molar-refractivity contribution in [2.24, 2.45) is 5.92 Å². The fourth-order valence-corrected chi connectivity index (χ4v) is 1.75. The maximum Gasteiger partial charge on any atom is 0.142 e. The van der Waals surface area contributed by atoms with E-state index in [0.29, 0.717) is 18.6 Å². The third-order valence-corrected chi connectivity index (χ3v) is 3.02. The summed E-state index contributed by atoms with van der Waals surface area (Å²) in [6, 6.07) is 4.46. The molecule has 90 valence electrons. The molecule has 0 amide bonds. The van der Waals surface area contributed by atoms with Crippen LogP contribution in [0.4, 0.5) is 4.39 Å². The minimum atomic E-state index is -0.765. The third-order valence-electron chi connectivity index (χ3n) is 2.62. The first kappa shape index (κ1) is 13.4. The molecule has 16 heavy (non-hydrogen) atoms. The Morgan fingerprint density at radius 1 is 1.50 bits per heavy atom. The molecule has 0 fully saturated rings. The van der Waals surface area contributed by atoms with Gasteiger partial charge in [0.2, 0.25) is 0 Å². The summed E-state index contributed by atoms with van der Waals surface area (Å²) in [5.74, 6) is -0.531. The van der Waals surface area contributed by atoms with E-state index in [4.69, 9.17) is 16.3 Å². The molecule has 4 heteroatoms. The molecule has 0 aliphatic heterocycles. The second-order valence-electron chi connectivity index (χ2n) is 3.85. The molecule has 1 aromatic carbocycles. The number of hydrogen-bond acceptors (Lipinski definition) is 2. The minimum absolute atomic E-state index is 0.000679. The van der Waals surface area contributed by atoms with Crippen LogP contribution in [0.2, 0.25) is 5.02 Å². The number of aliphatic hydroxyl groups excluding tert-OH is 1. The zero-order chi connectivity index (χ0) is 12.1. The zero-order valence-corrected chi connectivity index (χ0v) is 10.2. The van der Waals surface area contributed by atoms with Crippen LogP contribution in [-0.2, 0) is 4.74 Å². The highest BCUT2D eigenvalue weighted by atomic mass is 35.5. The number of methoxy groups -OCH3 is 1. The molecule has 1 aromatic rings. The standard InChI is InChI=1S/C12H16ClFO2/c1-8(6-7-16-2)12(15)9-4-3-5-10(14)11(9)13/h3-5,8,12,15H,6-7H2,1-2H3. The van der Waals surface area contributed by atoms with Gasteiger partial charge in [0.25, 0.3) is 0 Å². The molecule has 2 atom stereocenters. The molecule has 0 aliphatic rings. The highest BCUT2D eigenvalue weighted by Crippen LogP contribution is 2.31. The molecule has 0 aromatic heterocycles. The van der Waals surface area contributed by atoms with Crippen molar-refractivity contribution in [1.29, 1.82) is 0 Å².